The number of hydrogen-bond donors (Lipinski definition) is 2. The molecule has 6 nitrogen and oxygen atoms in total. The maximum Gasteiger partial charge on any atom is 0.270 e. The first-order valence-corrected chi connectivity index (χ1v) is 10.6. The highest BCUT2D eigenvalue weighted by molar-refractivity contribution is 6.35. The second kappa shape index (κ2) is 8.40. The molecule has 0 aliphatic rings. The van der Waals surface area contributed by atoms with Crippen LogP contribution in [0.4, 0.5) is 0 Å². The average Bonchev–Trinajstić information content (AvgIpc) is 3.17. The third-order valence-electron chi connectivity index (χ3n) is 5.30. The number of rotatable bonds is 5. The molecular formula is C25H20ClN5O. The lowest BCUT2D eigenvalue weighted by Crippen LogP contribution is -2.24. The van der Waals surface area contributed by atoms with Gasteiger partial charge in [0.05, 0.1) is 10.5 Å². The molecule has 0 aliphatic heterocycles. The molecule has 0 unspecified atom stereocenters. The van der Waals surface area contributed by atoms with Crippen LogP contribution in [0, 0.1) is 6.92 Å². The summed E-state index contributed by atoms with van der Waals surface area (Å²) in [6, 6.07) is 15.7. The van der Waals surface area contributed by atoms with E-state index in [9.17, 15) is 4.79 Å². The summed E-state index contributed by atoms with van der Waals surface area (Å²) in [6.45, 7) is 2.37. The molecule has 0 atom stereocenters. The molecule has 2 N–H and O–H groups in total. The van der Waals surface area contributed by atoms with Crippen LogP contribution < -0.4 is 5.32 Å². The Morgan fingerprint density at radius 1 is 1.06 bits per heavy atom. The van der Waals surface area contributed by atoms with E-state index in [1.165, 1.54) is 0 Å². The molecule has 0 fully saturated rings. The van der Waals surface area contributed by atoms with Gasteiger partial charge in [-0.25, -0.2) is 9.97 Å². The number of pyridine rings is 3. The molecule has 5 aromatic rings. The fraction of sp³-hybridized carbons (Fsp3) is 0.120. The molecule has 32 heavy (non-hydrogen) atoms. The van der Waals surface area contributed by atoms with Crippen LogP contribution in [0.25, 0.3) is 21.9 Å². The number of carbonyl (C=O) groups is 1. The monoisotopic (exact) mass is 441 g/mol. The van der Waals surface area contributed by atoms with Crippen molar-refractivity contribution in [1.29, 1.82) is 0 Å². The van der Waals surface area contributed by atoms with Crippen molar-refractivity contribution in [3.63, 3.8) is 0 Å². The van der Waals surface area contributed by atoms with Crippen molar-refractivity contribution in [3.8, 4) is 0 Å². The van der Waals surface area contributed by atoms with Crippen LogP contribution in [0.15, 0.2) is 67.1 Å². The van der Waals surface area contributed by atoms with E-state index in [1.807, 2.05) is 43.5 Å². The van der Waals surface area contributed by atoms with Crippen molar-refractivity contribution >= 4 is 39.4 Å². The van der Waals surface area contributed by atoms with Crippen molar-refractivity contribution in [2.45, 2.75) is 19.9 Å². The fourth-order valence-corrected chi connectivity index (χ4v) is 3.90. The van der Waals surface area contributed by atoms with E-state index in [0.29, 0.717) is 23.7 Å². The number of amides is 1. The Morgan fingerprint density at radius 2 is 1.97 bits per heavy atom. The summed E-state index contributed by atoms with van der Waals surface area (Å²) in [5, 5.41) is 5.45. The lowest BCUT2D eigenvalue weighted by Gasteiger charge is -2.08. The number of hydrogen-bond acceptors (Lipinski definition) is 4. The Hall–Kier alpha value is -3.77. The van der Waals surface area contributed by atoms with Gasteiger partial charge in [-0.05, 0) is 60.0 Å². The van der Waals surface area contributed by atoms with Crippen LogP contribution in [0.3, 0.4) is 0 Å². The highest BCUT2D eigenvalue weighted by atomic mass is 35.5. The molecule has 1 amide bonds. The minimum Gasteiger partial charge on any atom is -0.347 e. The molecule has 4 aromatic heterocycles. The second-order valence-corrected chi connectivity index (χ2v) is 8.20. The maximum atomic E-state index is 12.7. The molecule has 4 heterocycles. The normalized spacial score (nSPS) is 11.2. The van der Waals surface area contributed by atoms with Crippen LogP contribution >= 0.6 is 11.6 Å². The van der Waals surface area contributed by atoms with E-state index < -0.39 is 0 Å². The van der Waals surface area contributed by atoms with Gasteiger partial charge < -0.3 is 10.3 Å². The first kappa shape index (κ1) is 20.2. The van der Waals surface area contributed by atoms with Crippen LogP contribution in [-0.4, -0.2) is 25.8 Å². The van der Waals surface area contributed by atoms with Gasteiger partial charge in [0.15, 0.2) is 0 Å². The summed E-state index contributed by atoms with van der Waals surface area (Å²) in [6.07, 6.45) is 5.92. The highest BCUT2D eigenvalue weighted by Gasteiger charge is 2.10. The number of nitrogens with one attached hydrogen (secondary N) is 2. The average molecular weight is 442 g/mol. The Morgan fingerprint density at radius 3 is 2.88 bits per heavy atom. The molecule has 5 rings (SSSR count). The number of aromatic amines is 1. The number of H-pyrrole nitrogens is 1. The number of carbonyl (C=O) groups excluding carboxylic acids is 1. The van der Waals surface area contributed by atoms with Gasteiger partial charge in [-0.15, -0.1) is 0 Å². The predicted molar refractivity (Wildman–Crippen MR) is 126 cm³/mol. The van der Waals surface area contributed by atoms with Gasteiger partial charge in [-0.2, -0.15) is 0 Å². The van der Waals surface area contributed by atoms with E-state index in [0.717, 1.165) is 44.3 Å². The molecule has 0 aliphatic carbocycles. The number of fused-ring (bicyclic) bond motifs is 2. The van der Waals surface area contributed by atoms with Gasteiger partial charge in [0, 0.05) is 48.0 Å². The summed E-state index contributed by atoms with van der Waals surface area (Å²) < 4.78 is 0. The molecule has 0 bridgehead atoms. The summed E-state index contributed by atoms with van der Waals surface area (Å²) in [7, 11) is 0. The molecule has 0 spiro atoms. The van der Waals surface area contributed by atoms with Crippen LogP contribution in [-0.2, 0) is 13.0 Å². The third-order valence-corrected chi connectivity index (χ3v) is 5.61. The quantitative estimate of drug-likeness (QED) is 0.402. The molecule has 0 saturated heterocycles. The summed E-state index contributed by atoms with van der Waals surface area (Å²) in [5.41, 5.74) is 6.02. The first-order chi connectivity index (χ1) is 15.5. The number of halogens is 1. The molecule has 7 heteroatoms. The van der Waals surface area contributed by atoms with Crippen molar-refractivity contribution in [1.82, 2.24) is 25.3 Å². The van der Waals surface area contributed by atoms with Crippen LogP contribution in [0.1, 0.15) is 32.9 Å². The lowest BCUT2D eigenvalue weighted by atomic mass is 10.1. The van der Waals surface area contributed by atoms with Gasteiger partial charge in [-0.3, -0.25) is 9.78 Å². The van der Waals surface area contributed by atoms with E-state index in [4.69, 9.17) is 11.6 Å². The molecule has 1 aromatic carbocycles. The van der Waals surface area contributed by atoms with Gasteiger partial charge >= 0.3 is 0 Å². The van der Waals surface area contributed by atoms with E-state index in [2.05, 4.69) is 37.4 Å². The standard InChI is InChI=1S/C25H20ClN5O/c1-15-7-18-8-16(5-6-22(18)27-11-15)9-19-3-2-4-23(31-19)25(32)30-13-17-10-20-21(26)14-29-24(20)28-12-17/h2-8,10-12,14H,9,13H2,1H3,(H,28,29)(H,30,32). The zero-order valence-corrected chi connectivity index (χ0v) is 18.1. The van der Waals surface area contributed by atoms with Crippen LogP contribution in [0.2, 0.25) is 5.02 Å². The van der Waals surface area contributed by atoms with E-state index >= 15 is 0 Å². The fourth-order valence-electron chi connectivity index (χ4n) is 3.70. The summed E-state index contributed by atoms with van der Waals surface area (Å²) >= 11 is 6.15. The van der Waals surface area contributed by atoms with Crippen molar-refractivity contribution in [2.75, 3.05) is 0 Å². The Labute approximate surface area is 189 Å². The topological polar surface area (TPSA) is 83.6 Å². The van der Waals surface area contributed by atoms with Gasteiger partial charge in [0.1, 0.15) is 11.3 Å². The van der Waals surface area contributed by atoms with Gasteiger partial charge in [-0.1, -0.05) is 23.7 Å². The minimum atomic E-state index is -0.231. The Balaban J connectivity index is 1.29. The van der Waals surface area contributed by atoms with Gasteiger partial charge in [0.2, 0.25) is 0 Å². The van der Waals surface area contributed by atoms with Gasteiger partial charge in [0.25, 0.3) is 5.91 Å². The number of aromatic nitrogens is 4. The molecule has 0 saturated carbocycles. The van der Waals surface area contributed by atoms with Crippen molar-refractivity contribution < 1.29 is 4.79 Å². The van der Waals surface area contributed by atoms with E-state index in [1.54, 1.807) is 18.5 Å². The Bertz CT molecular complexity index is 1460. The summed E-state index contributed by atoms with van der Waals surface area (Å²) in [5.74, 6) is -0.231. The number of nitrogens with zero attached hydrogens (tertiary/aromatic N) is 3. The number of benzene rings is 1. The van der Waals surface area contributed by atoms with Crippen molar-refractivity contribution in [2.24, 2.45) is 0 Å². The maximum absolute atomic E-state index is 12.7. The van der Waals surface area contributed by atoms with Crippen molar-refractivity contribution in [3.05, 3.63) is 100 Å². The second-order valence-electron chi connectivity index (χ2n) is 7.79. The lowest BCUT2D eigenvalue weighted by molar-refractivity contribution is 0.0945. The predicted octanol–water partition coefficient (Wildman–Crippen LogP) is 4.99. The molecule has 158 valence electrons. The zero-order chi connectivity index (χ0) is 22.1. The Kier molecular flexibility index (Phi) is 5.29. The SMILES string of the molecule is Cc1cnc2ccc(Cc3cccc(C(=O)NCc4cnc5[nH]cc(Cl)c5c4)n3)cc2c1. The molecule has 0 radical (unpaired) electrons. The zero-order valence-electron chi connectivity index (χ0n) is 17.4. The smallest absolute Gasteiger partial charge is 0.270 e. The van der Waals surface area contributed by atoms with E-state index in [-0.39, 0.29) is 5.91 Å². The third kappa shape index (κ3) is 4.18. The largest absolute Gasteiger partial charge is 0.347 e. The number of aryl methyl sites for hydroxylation is 1. The minimum absolute atomic E-state index is 0.231. The highest BCUT2D eigenvalue weighted by Crippen LogP contribution is 2.22. The first-order valence-electron chi connectivity index (χ1n) is 10.3. The van der Waals surface area contributed by atoms with Crippen LogP contribution in [0.5, 0.6) is 0 Å². The summed E-state index contributed by atoms with van der Waals surface area (Å²) in [4.78, 5) is 29.0. The molecular weight excluding hydrogens is 422 g/mol.